The Morgan fingerprint density at radius 2 is 1.81 bits per heavy atom. The summed E-state index contributed by atoms with van der Waals surface area (Å²) in [5, 5.41) is 3.05. The minimum atomic E-state index is -4.16. The Hall–Kier alpha value is -0.740. The number of nitrogens with one attached hydrogen (secondary N) is 1. The molecule has 16 heavy (non-hydrogen) atoms. The molecular formula is C11H13ClF3N. The molecule has 0 bridgehead atoms. The van der Waals surface area contributed by atoms with Gasteiger partial charge in [0.1, 0.15) is 0 Å². The Bertz CT molecular complexity index is 321. The van der Waals surface area contributed by atoms with E-state index in [2.05, 4.69) is 5.32 Å². The molecule has 0 aliphatic carbocycles. The van der Waals surface area contributed by atoms with E-state index < -0.39 is 12.7 Å². The Balaban J connectivity index is 2.39. The molecule has 0 aliphatic heterocycles. The largest absolute Gasteiger partial charge is 0.401 e. The van der Waals surface area contributed by atoms with Crippen LogP contribution in [0.5, 0.6) is 0 Å². The SMILES string of the molecule is CC(Cc1ccc(Cl)cc1)NCC(F)(F)F. The van der Waals surface area contributed by atoms with E-state index in [1.54, 1.807) is 19.1 Å². The number of alkyl halides is 3. The van der Waals surface area contributed by atoms with Crippen LogP contribution < -0.4 is 5.32 Å². The van der Waals surface area contributed by atoms with Crippen molar-refractivity contribution in [2.45, 2.75) is 25.6 Å². The number of hydrogen-bond acceptors (Lipinski definition) is 1. The molecule has 0 aromatic heterocycles. The normalized spacial score (nSPS) is 13.8. The maximum atomic E-state index is 11.9. The summed E-state index contributed by atoms with van der Waals surface area (Å²) >= 11 is 5.70. The first-order valence-electron chi connectivity index (χ1n) is 4.91. The van der Waals surface area contributed by atoms with Gasteiger partial charge in [0.15, 0.2) is 0 Å². The molecule has 1 atom stereocenters. The van der Waals surface area contributed by atoms with Crippen molar-refractivity contribution in [3.8, 4) is 0 Å². The number of hydrogen-bond donors (Lipinski definition) is 1. The second-order valence-electron chi connectivity index (χ2n) is 3.73. The summed E-state index contributed by atoms with van der Waals surface area (Å²) in [5.74, 6) is 0. The fourth-order valence-electron chi connectivity index (χ4n) is 1.34. The fourth-order valence-corrected chi connectivity index (χ4v) is 1.46. The van der Waals surface area contributed by atoms with Crippen LogP contribution in [0.25, 0.3) is 0 Å². The van der Waals surface area contributed by atoms with Gasteiger partial charge < -0.3 is 5.32 Å². The number of halogens is 4. The van der Waals surface area contributed by atoms with Crippen LogP contribution >= 0.6 is 11.6 Å². The summed E-state index contributed by atoms with van der Waals surface area (Å²) in [7, 11) is 0. The molecular weight excluding hydrogens is 239 g/mol. The van der Waals surface area contributed by atoms with E-state index in [-0.39, 0.29) is 6.04 Å². The highest BCUT2D eigenvalue weighted by Gasteiger charge is 2.27. The van der Waals surface area contributed by atoms with Crippen molar-refractivity contribution >= 4 is 11.6 Å². The van der Waals surface area contributed by atoms with E-state index in [1.165, 1.54) is 0 Å². The quantitative estimate of drug-likeness (QED) is 0.865. The Kier molecular flexibility index (Phi) is 4.62. The fraction of sp³-hybridized carbons (Fsp3) is 0.455. The van der Waals surface area contributed by atoms with Crippen molar-refractivity contribution < 1.29 is 13.2 Å². The first kappa shape index (κ1) is 13.3. The standard InChI is InChI=1S/C11H13ClF3N/c1-8(16-7-11(13,14)15)6-9-2-4-10(12)5-3-9/h2-5,8,16H,6-7H2,1H3. The van der Waals surface area contributed by atoms with Crippen LogP contribution in [-0.4, -0.2) is 18.8 Å². The van der Waals surface area contributed by atoms with Crippen LogP contribution in [-0.2, 0) is 6.42 Å². The average molecular weight is 252 g/mol. The molecule has 0 heterocycles. The minimum Gasteiger partial charge on any atom is -0.306 e. The van der Waals surface area contributed by atoms with Crippen LogP contribution in [0.2, 0.25) is 5.02 Å². The van der Waals surface area contributed by atoms with Gasteiger partial charge in [0.2, 0.25) is 0 Å². The third-order valence-corrected chi connectivity index (χ3v) is 2.36. The molecule has 90 valence electrons. The zero-order chi connectivity index (χ0) is 12.2. The van der Waals surface area contributed by atoms with E-state index >= 15 is 0 Å². The van der Waals surface area contributed by atoms with E-state index in [9.17, 15) is 13.2 Å². The Morgan fingerprint density at radius 1 is 1.25 bits per heavy atom. The van der Waals surface area contributed by atoms with Gasteiger partial charge in [0.25, 0.3) is 0 Å². The first-order chi connectivity index (χ1) is 7.37. The summed E-state index contributed by atoms with van der Waals surface area (Å²) in [5.41, 5.74) is 0.964. The molecule has 5 heteroatoms. The summed E-state index contributed by atoms with van der Waals surface area (Å²) in [6.07, 6.45) is -3.61. The lowest BCUT2D eigenvalue weighted by Crippen LogP contribution is -2.36. The van der Waals surface area contributed by atoms with Crippen molar-refractivity contribution in [1.29, 1.82) is 0 Å². The van der Waals surface area contributed by atoms with Gasteiger partial charge in [-0.1, -0.05) is 23.7 Å². The van der Waals surface area contributed by atoms with E-state index in [0.717, 1.165) is 5.56 Å². The van der Waals surface area contributed by atoms with Gasteiger partial charge in [-0.15, -0.1) is 0 Å². The first-order valence-corrected chi connectivity index (χ1v) is 5.29. The van der Waals surface area contributed by atoms with Gasteiger partial charge in [-0.3, -0.25) is 0 Å². The maximum Gasteiger partial charge on any atom is 0.401 e. The van der Waals surface area contributed by atoms with Crippen LogP contribution in [0.1, 0.15) is 12.5 Å². The molecule has 0 saturated heterocycles. The molecule has 1 nitrogen and oxygen atoms in total. The highest BCUT2D eigenvalue weighted by molar-refractivity contribution is 6.30. The summed E-state index contributed by atoms with van der Waals surface area (Å²) in [6.45, 7) is 0.766. The summed E-state index contributed by atoms with van der Waals surface area (Å²) in [6, 6.07) is 6.87. The van der Waals surface area contributed by atoms with Gasteiger partial charge in [-0.05, 0) is 31.0 Å². The smallest absolute Gasteiger partial charge is 0.306 e. The van der Waals surface area contributed by atoms with Gasteiger partial charge in [0.05, 0.1) is 6.54 Å². The number of benzene rings is 1. The van der Waals surface area contributed by atoms with Crippen molar-refractivity contribution in [2.24, 2.45) is 0 Å². The summed E-state index contributed by atoms with van der Waals surface area (Å²) < 4.78 is 35.8. The van der Waals surface area contributed by atoms with E-state index in [0.29, 0.717) is 11.4 Å². The molecule has 0 radical (unpaired) electrons. The molecule has 1 unspecified atom stereocenters. The second-order valence-corrected chi connectivity index (χ2v) is 4.16. The highest BCUT2D eigenvalue weighted by Crippen LogP contribution is 2.14. The minimum absolute atomic E-state index is 0.220. The zero-order valence-electron chi connectivity index (χ0n) is 8.81. The lowest BCUT2D eigenvalue weighted by molar-refractivity contribution is -0.126. The Morgan fingerprint density at radius 3 is 2.31 bits per heavy atom. The van der Waals surface area contributed by atoms with Gasteiger partial charge >= 0.3 is 6.18 Å². The van der Waals surface area contributed by atoms with E-state index in [1.807, 2.05) is 12.1 Å². The van der Waals surface area contributed by atoms with Gasteiger partial charge in [-0.25, -0.2) is 0 Å². The van der Waals surface area contributed by atoms with Crippen molar-refractivity contribution in [3.05, 3.63) is 34.9 Å². The second kappa shape index (κ2) is 5.55. The third kappa shape index (κ3) is 5.37. The average Bonchev–Trinajstić information content (AvgIpc) is 2.18. The zero-order valence-corrected chi connectivity index (χ0v) is 9.57. The highest BCUT2D eigenvalue weighted by atomic mass is 35.5. The molecule has 1 rings (SSSR count). The molecule has 1 aromatic carbocycles. The van der Waals surface area contributed by atoms with E-state index in [4.69, 9.17) is 11.6 Å². The lowest BCUT2D eigenvalue weighted by Gasteiger charge is -2.15. The lowest BCUT2D eigenvalue weighted by atomic mass is 10.1. The molecule has 0 aliphatic rings. The van der Waals surface area contributed by atoms with Crippen molar-refractivity contribution in [2.75, 3.05) is 6.54 Å². The van der Waals surface area contributed by atoms with Crippen LogP contribution in [0.15, 0.2) is 24.3 Å². The molecule has 0 amide bonds. The van der Waals surface area contributed by atoms with Crippen LogP contribution in [0.4, 0.5) is 13.2 Å². The topological polar surface area (TPSA) is 12.0 Å². The number of rotatable bonds is 4. The summed E-state index contributed by atoms with van der Waals surface area (Å²) in [4.78, 5) is 0. The third-order valence-electron chi connectivity index (χ3n) is 2.11. The van der Waals surface area contributed by atoms with Gasteiger partial charge in [0, 0.05) is 11.1 Å². The van der Waals surface area contributed by atoms with Crippen LogP contribution in [0, 0.1) is 0 Å². The Labute approximate surface area is 97.6 Å². The maximum absolute atomic E-state index is 11.9. The molecule has 0 spiro atoms. The predicted octanol–water partition coefficient (Wildman–Crippen LogP) is 3.42. The molecule has 1 aromatic rings. The molecule has 0 fully saturated rings. The van der Waals surface area contributed by atoms with Crippen LogP contribution in [0.3, 0.4) is 0 Å². The molecule has 0 saturated carbocycles. The van der Waals surface area contributed by atoms with Crippen molar-refractivity contribution in [1.82, 2.24) is 5.32 Å². The monoisotopic (exact) mass is 251 g/mol. The van der Waals surface area contributed by atoms with Gasteiger partial charge in [-0.2, -0.15) is 13.2 Å². The molecule has 1 N–H and O–H groups in total. The predicted molar refractivity (Wildman–Crippen MR) is 58.7 cm³/mol. The van der Waals surface area contributed by atoms with Crippen molar-refractivity contribution in [3.63, 3.8) is 0 Å².